The third kappa shape index (κ3) is 3.56. The number of pyridine rings is 1. The fourth-order valence-corrected chi connectivity index (χ4v) is 1.95. The maximum atomic E-state index is 11.8. The monoisotopic (exact) mass is 307 g/mol. The summed E-state index contributed by atoms with van der Waals surface area (Å²) in [5.41, 5.74) is 3.95. The minimum atomic E-state index is -0.386. The van der Waals surface area contributed by atoms with Crippen molar-refractivity contribution >= 4 is 34.8 Å². The van der Waals surface area contributed by atoms with Crippen LogP contribution in [0, 0.1) is 0 Å². The molecular weight excluding hydrogens is 297 g/mol. The lowest BCUT2D eigenvalue weighted by Gasteiger charge is -2.05. The highest BCUT2D eigenvalue weighted by Gasteiger charge is 2.07. The van der Waals surface area contributed by atoms with E-state index in [1.165, 1.54) is 0 Å². The van der Waals surface area contributed by atoms with Crippen LogP contribution in [0.4, 0.5) is 0 Å². The minimum Gasteiger partial charge on any atom is -0.266 e. The number of hydrogen-bond donors (Lipinski definition) is 1. The van der Waals surface area contributed by atoms with E-state index >= 15 is 0 Å². The fourth-order valence-electron chi connectivity index (χ4n) is 1.52. The highest BCUT2D eigenvalue weighted by molar-refractivity contribution is 6.36. The van der Waals surface area contributed by atoms with Gasteiger partial charge in [0.2, 0.25) is 0 Å². The summed E-state index contributed by atoms with van der Waals surface area (Å²) in [6, 6.07) is 10.1. The van der Waals surface area contributed by atoms with Crippen LogP contribution in [0.5, 0.6) is 0 Å². The van der Waals surface area contributed by atoms with Gasteiger partial charge in [-0.05, 0) is 37.3 Å². The molecule has 0 unspecified atom stereocenters. The number of carbonyl (C=O) groups is 1. The van der Waals surface area contributed by atoms with Crippen LogP contribution in [0.1, 0.15) is 23.0 Å². The smallest absolute Gasteiger partial charge is 0.266 e. The van der Waals surface area contributed by atoms with Crippen molar-refractivity contribution in [2.45, 2.75) is 6.92 Å². The Kier molecular flexibility index (Phi) is 4.71. The lowest BCUT2D eigenvalue weighted by molar-refractivity contribution is 0.0950. The van der Waals surface area contributed by atoms with Crippen molar-refractivity contribution in [3.05, 3.63) is 63.9 Å². The van der Waals surface area contributed by atoms with E-state index in [1.807, 2.05) is 0 Å². The molecule has 0 aliphatic carbocycles. The average molecular weight is 308 g/mol. The molecule has 0 bridgehead atoms. The Morgan fingerprint density at radius 2 is 2.05 bits per heavy atom. The summed E-state index contributed by atoms with van der Waals surface area (Å²) in [5, 5.41) is 5.07. The standard InChI is InChI=1S/C14H11Cl2N3O/c1-9(11-8-10(15)5-6-12(11)16)18-19-14(20)13-4-2-3-7-17-13/h2-8H,1H3,(H,19,20)/b18-9+. The van der Waals surface area contributed by atoms with Crippen molar-refractivity contribution in [1.29, 1.82) is 0 Å². The quantitative estimate of drug-likeness (QED) is 0.696. The molecule has 0 fully saturated rings. The first-order valence-electron chi connectivity index (χ1n) is 5.79. The van der Waals surface area contributed by atoms with Gasteiger partial charge in [-0.15, -0.1) is 0 Å². The van der Waals surface area contributed by atoms with Gasteiger partial charge >= 0.3 is 0 Å². The minimum absolute atomic E-state index is 0.293. The van der Waals surface area contributed by atoms with E-state index in [0.29, 0.717) is 27.0 Å². The van der Waals surface area contributed by atoms with Crippen LogP contribution in [0.2, 0.25) is 10.0 Å². The second-order valence-electron chi connectivity index (χ2n) is 3.98. The SMILES string of the molecule is C/C(=N\NC(=O)c1ccccn1)c1cc(Cl)ccc1Cl. The van der Waals surface area contributed by atoms with Gasteiger partial charge in [0.05, 0.1) is 5.71 Å². The molecule has 1 aromatic carbocycles. The van der Waals surface area contributed by atoms with Crippen LogP contribution in [0.3, 0.4) is 0 Å². The van der Waals surface area contributed by atoms with E-state index in [4.69, 9.17) is 23.2 Å². The van der Waals surface area contributed by atoms with Gasteiger partial charge in [0.1, 0.15) is 5.69 Å². The Balaban J connectivity index is 2.15. The molecule has 1 heterocycles. The van der Waals surface area contributed by atoms with Crippen LogP contribution >= 0.6 is 23.2 Å². The van der Waals surface area contributed by atoms with Gasteiger partial charge in [0, 0.05) is 21.8 Å². The maximum Gasteiger partial charge on any atom is 0.289 e. The third-order valence-corrected chi connectivity index (χ3v) is 3.11. The Hall–Kier alpha value is -1.91. The number of aromatic nitrogens is 1. The van der Waals surface area contributed by atoms with Gasteiger partial charge in [0.25, 0.3) is 5.91 Å². The number of amides is 1. The van der Waals surface area contributed by atoms with Crippen molar-refractivity contribution in [2.75, 3.05) is 0 Å². The van der Waals surface area contributed by atoms with Crippen LogP contribution in [0.15, 0.2) is 47.7 Å². The molecule has 2 aromatic rings. The van der Waals surface area contributed by atoms with Crippen molar-refractivity contribution in [2.24, 2.45) is 5.10 Å². The topological polar surface area (TPSA) is 54.4 Å². The van der Waals surface area contributed by atoms with Crippen LogP contribution < -0.4 is 5.43 Å². The first-order valence-corrected chi connectivity index (χ1v) is 6.54. The molecule has 1 aromatic heterocycles. The molecule has 6 heteroatoms. The Labute approximate surface area is 126 Å². The molecule has 0 radical (unpaired) electrons. The van der Waals surface area contributed by atoms with Gasteiger partial charge in [-0.25, -0.2) is 5.43 Å². The fraction of sp³-hybridized carbons (Fsp3) is 0.0714. The normalized spacial score (nSPS) is 11.2. The van der Waals surface area contributed by atoms with Gasteiger partial charge in [-0.1, -0.05) is 29.3 Å². The van der Waals surface area contributed by atoms with Crippen molar-refractivity contribution in [3.8, 4) is 0 Å². The zero-order valence-electron chi connectivity index (χ0n) is 10.6. The molecule has 4 nitrogen and oxygen atoms in total. The van der Waals surface area contributed by atoms with Crippen LogP contribution in [0.25, 0.3) is 0 Å². The number of nitrogens with one attached hydrogen (secondary N) is 1. The molecule has 0 saturated carbocycles. The largest absolute Gasteiger partial charge is 0.289 e. The zero-order valence-corrected chi connectivity index (χ0v) is 12.1. The molecule has 1 N–H and O–H groups in total. The molecule has 0 spiro atoms. The summed E-state index contributed by atoms with van der Waals surface area (Å²) in [6.45, 7) is 1.73. The number of carbonyl (C=O) groups excluding carboxylic acids is 1. The predicted molar refractivity (Wildman–Crippen MR) is 80.4 cm³/mol. The van der Waals surface area contributed by atoms with Gasteiger partial charge in [-0.2, -0.15) is 5.10 Å². The molecule has 20 heavy (non-hydrogen) atoms. The summed E-state index contributed by atoms with van der Waals surface area (Å²) in [5.74, 6) is -0.386. The number of benzene rings is 1. The average Bonchev–Trinajstić information content (AvgIpc) is 2.47. The Bertz CT molecular complexity index is 657. The van der Waals surface area contributed by atoms with E-state index in [1.54, 1.807) is 49.5 Å². The first kappa shape index (κ1) is 14.5. The summed E-state index contributed by atoms with van der Waals surface area (Å²) in [4.78, 5) is 15.7. The van der Waals surface area contributed by atoms with Crippen LogP contribution in [-0.4, -0.2) is 16.6 Å². The van der Waals surface area contributed by atoms with Crippen LogP contribution in [-0.2, 0) is 0 Å². The summed E-state index contributed by atoms with van der Waals surface area (Å²) >= 11 is 12.0. The highest BCUT2D eigenvalue weighted by atomic mass is 35.5. The van der Waals surface area contributed by atoms with Gasteiger partial charge < -0.3 is 0 Å². The summed E-state index contributed by atoms with van der Waals surface area (Å²) in [7, 11) is 0. The molecule has 0 aliphatic heterocycles. The number of hydrazone groups is 1. The molecule has 0 atom stereocenters. The molecule has 2 rings (SSSR count). The molecule has 0 aliphatic rings. The van der Waals surface area contributed by atoms with E-state index < -0.39 is 0 Å². The van der Waals surface area contributed by atoms with E-state index in [2.05, 4.69) is 15.5 Å². The van der Waals surface area contributed by atoms with Gasteiger partial charge in [-0.3, -0.25) is 9.78 Å². The second kappa shape index (κ2) is 6.50. The maximum absolute atomic E-state index is 11.8. The first-order chi connectivity index (χ1) is 9.58. The highest BCUT2D eigenvalue weighted by Crippen LogP contribution is 2.21. The molecule has 1 amide bonds. The Morgan fingerprint density at radius 1 is 1.25 bits per heavy atom. The lowest BCUT2D eigenvalue weighted by Crippen LogP contribution is -2.20. The Morgan fingerprint density at radius 3 is 2.75 bits per heavy atom. The van der Waals surface area contributed by atoms with Gasteiger partial charge in [0.15, 0.2) is 0 Å². The second-order valence-corrected chi connectivity index (χ2v) is 4.82. The van der Waals surface area contributed by atoms with E-state index in [9.17, 15) is 4.79 Å². The number of halogens is 2. The zero-order chi connectivity index (χ0) is 14.5. The number of hydrogen-bond acceptors (Lipinski definition) is 3. The van der Waals surface area contributed by atoms with Crippen molar-refractivity contribution in [3.63, 3.8) is 0 Å². The molecule has 102 valence electrons. The molecule has 0 saturated heterocycles. The predicted octanol–water partition coefficient (Wildman–Crippen LogP) is 3.54. The third-order valence-electron chi connectivity index (χ3n) is 2.54. The summed E-state index contributed by atoms with van der Waals surface area (Å²) in [6.07, 6.45) is 1.54. The number of nitrogens with zero attached hydrogens (tertiary/aromatic N) is 2. The van der Waals surface area contributed by atoms with E-state index in [0.717, 1.165) is 0 Å². The lowest BCUT2D eigenvalue weighted by atomic mass is 10.1. The van der Waals surface area contributed by atoms with E-state index in [-0.39, 0.29) is 5.91 Å². The van der Waals surface area contributed by atoms with Crippen molar-refractivity contribution < 1.29 is 4.79 Å². The molecular formula is C14H11Cl2N3O. The number of rotatable bonds is 3. The van der Waals surface area contributed by atoms with Crippen molar-refractivity contribution in [1.82, 2.24) is 10.4 Å². The summed E-state index contributed by atoms with van der Waals surface area (Å²) < 4.78 is 0.